The van der Waals surface area contributed by atoms with Crippen molar-refractivity contribution in [3.8, 4) is 0 Å². The zero-order valence-corrected chi connectivity index (χ0v) is 17.1. The highest BCUT2D eigenvalue weighted by molar-refractivity contribution is 5.94. The fourth-order valence-corrected chi connectivity index (χ4v) is 4.93. The number of nitrogens with zero attached hydrogens (tertiary/aromatic N) is 5. The first-order valence-electron chi connectivity index (χ1n) is 10.8. The molecule has 0 aliphatic carbocycles. The van der Waals surface area contributed by atoms with E-state index in [-0.39, 0.29) is 11.8 Å². The van der Waals surface area contributed by atoms with Gasteiger partial charge in [0, 0.05) is 63.8 Å². The normalized spacial score (nSPS) is 23.3. The lowest BCUT2D eigenvalue weighted by molar-refractivity contribution is -0.180. The average Bonchev–Trinajstić information content (AvgIpc) is 3.30. The maximum absolute atomic E-state index is 13.2. The van der Waals surface area contributed by atoms with E-state index in [9.17, 15) is 9.59 Å². The van der Waals surface area contributed by atoms with Gasteiger partial charge in [-0.25, -0.2) is 4.98 Å². The molecule has 1 atom stereocenters. The smallest absolute Gasteiger partial charge is 0.255 e. The van der Waals surface area contributed by atoms with Crippen LogP contribution in [0.5, 0.6) is 0 Å². The van der Waals surface area contributed by atoms with Crippen LogP contribution in [0.1, 0.15) is 48.3 Å². The summed E-state index contributed by atoms with van der Waals surface area (Å²) in [4.78, 5) is 38.4. The molecular formula is C22H27N5O3. The lowest BCUT2D eigenvalue weighted by atomic mass is 9.88. The Bertz CT molecular complexity index is 914. The van der Waals surface area contributed by atoms with Crippen LogP contribution in [0.3, 0.4) is 0 Å². The van der Waals surface area contributed by atoms with Gasteiger partial charge in [0.25, 0.3) is 11.8 Å². The first-order chi connectivity index (χ1) is 14.7. The number of fused-ring (bicyclic) bond motifs is 2. The highest BCUT2D eigenvalue weighted by Crippen LogP contribution is 2.40. The summed E-state index contributed by atoms with van der Waals surface area (Å²) in [6.45, 7) is 3.26. The molecule has 1 spiro atoms. The summed E-state index contributed by atoms with van der Waals surface area (Å²) >= 11 is 0. The summed E-state index contributed by atoms with van der Waals surface area (Å²) < 4.78 is 8.59. The first-order valence-corrected chi connectivity index (χ1v) is 10.8. The molecule has 2 fully saturated rings. The van der Waals surface area contributed by atoms with Crippen molar-refractivity contribution in [1.82, 2.24) is 24.3 Å². The third-order valence-electron chi connectivity index (χ3n) is 6.56. The quantitative estimate of drug-likeness (QED) is 0.756. The van der Waals surface area contributed by atoms with Gasteiger partial charge in [-0.15, -0.1) is 0 Å². The Balaban J connectivity index is 1.33. The van der Waals surface area contributed by atoms with Crippen molar-refractivity contribution in [1.29, 1.82) is 0 Å². The Labute approximate surface area is 175 Å². The number of ether oxygens (including phenoxy) is 1. The number of amides is 2. The van der Waals surface area contributed by atoms with E-state index >= 15 is 0 Å². The van der Waals surface area contributed by atoms with Gasteiger partial charge in [0.15, 0.2) is 6.10 Å². The summed E-state index contributed by atoms with van der Waals surface area (Å²) in [7, 11) is 0. The molecule has 2 saturated heterocycles. The average molecular weight is 409 g/mol. The summed E-state index contributed by atoms with van der Waals surface area (Å²) in [5, 5.41) is 0. The van der Waals surface area contributed by atoms with Gasteiger partial charge in [-0.05, 0) is 31.4 Å². The standard InChI is InChI=1S/C22H27N5O3/c28-19(17-5-4-8-23-15-17)26-12-6-22(7-13-26)21-24-9-14-27(21)16-18(30-22)20(29)25-10-2-1-3-11-25/h4-5,8-9,14-15,18H,1-3,6-7,10-13,16H2/t18-/m1/s1. The Hall–Kier alpha value is -2.74. The van der Waals surface area contributed by atoms with Gasteiger partial charge in [0.2, 0.25) is 0 Å². The van der Waals surface area contributed by atoms with Gasteiger partial charge in [0.1, 0.15) is 11.4 Å². The lowest BCUT2D eigenvalue weighted by Crippen LogP contribution is -2.55. The molecule has 2 aromatic heterocycles. The molecule has 0 unspecified atom stereocenters. The van der Waals surface area contributed by atoms with Gasteiger partial charge in [-0.2, -0.15) is 0 Å². The van der Waals surface area contributed by atoms with E-state index in [1.807, 2.05) is 16.0 Å². The minimum absolute atomic E-state index is 0.0157. The number of rotatable bonds is 2. The van der Waals surface area contributed by atoms with Crippen LogP contribution in [0.4, 0.5) is 0 Å². The second-order valence-electron chi connectivity index (χ2n) is 8.42. The second kappa shape index (κ2) is 7.83. The highest BCUT2D eigenvalue weighted by Gasteiger charge is 2.48. The number of carbonyl (C=O) groups excluding carboxylic acids is 2. The van der Waals surface area contributed by atoms with Crippen LogP contribution < -0.4 is 0 Å². The molecule has 0 N–H and O–H groups in total. The number of aromatic nitrogens is 3. The van der Waals surface area contributed by atoms with Crippen LogP contribution in [-0.4, -0.2) is 68.4 Å². The summed E-state index contributed by atoms with van der Waals surface area (Å²) in [6.07, 6.45) is 11.0. The number of pyridine rings is 1. The topological polar surface area (TPSA) is 80.6 Å². The number of carbonyl (C=O) groups is 2. The summed E-state index contributed by atoms with van der Waals surface area (Å²) in [5.41, 5.74) is -0.0264. The van der Waals surface area contributed by atoms with Crippen molar-refractivity contribution < 1.29 is 14.3 Å². The van der Waals surface area contributed by atoms with Gasteiger partial charge >= 0.3 is 0 Å². The highest BCUT2D eigenvalue weighted by atomic mass is 16.5. The molecule has 0 radical (unpaired) electrons. The molecule has 0 aromatic carbocycles. The molecule has 8 nitrogen and oxygen atoms in total. The van der Waals surface area contributed by atoms with Crippen molar-refractivity contribution in [2.24, 2.45) is 0 Å². The summed E-state index contributed by atoms with van der Waals surface area (Å²) in [6, 6.07) is 3.56. The molecule has 158 valence electrons. The molecule has 0 saturated carbocycles. The van der Waals surface area contributed by atoms with Gasteiger partial charge in [-0.1, -0.05) is 0 Å². The summed E-state index contributed by atoms with van der Waals surface area (Å²) in [5.74, 6) is 0.944. The fourth-order valence-electron chi connectivity index (χ4n) is 4.93. The van der Waals surface area contributed by atoms with Crippen LogP contribution in [-0.2, 0) is 21.7 Å². The monoisotopic (exact) mass is 409 g/mol. The third kappa shape index (κ3) is 3.39. The lowest BCUT2D eigenvalue weighted by Gasteiger charge is -2.46. The molecule has 5 heterocycles. The minimum atomic E-state index is -0.621. The van der Waals surface area contributed by atoms with Crippen LogP contribution >= 0.6 is 0 Å². The molecule has 2 aromatic rings. The van der Waals surface area contributed by atoms with E-state index in [0.29, 0.717) is 38.0 Å². The van der Waals surface area contributed by atoms with Crippen molar-refractivity contribution >= 4 is 11.8 Å². The van der Waals surface area contributed by atoms with Crippen LogP contribution in [0.25, 0.3) is 0 Å². The zero-order valence-electron chi connectivity index (χ0n) is 17.1. The Morgan fingerprint density at radius 3 is 2.57 bits per heavy atom. The maximum atomic E-state index is 13.2. The number of hydrogen-bond donors (Lipinski definition) is 0. The molecule has 0 bridgehead atoms. The molecule has 3 aliphatic rings. The fraction of sp³-hybridized carbons (Fsp3) is 0.545. The molecule has 8 heteroatoms. The molecular weight excluding hydrogens is 382 g/mol. The molecule has 3 aliphatic heterocycles. The first kappa shape index (κ1) is 19.2. The van der Waals surface area contributed by atoms with Gasteiger partial charge in [0.05, 0.1) is 12.1 Å². The van der Waals surface area contributed by atoms with Crippen LogP contribution in [0, 0.1) is 0 Å². The van der Waals surface area contributed by atoms with Gasteiger partial charge < -0.3 is 19.1 Å². The Morgan fingerprint density at radius 2 is 1.83 bits per heavy atom. The predicted molar refractivity (Wildman–Crippen MR) is 109 cm³/mol. The Kier molecular flexibility index (Phi) is 5.02. The van der Waals surface area contributed by atoms with E-state index in [1.165, 1.54) is 6.42 Å². The van der Waals surface area contributed by atoms with Crippen molar-refractivity contribution in [2.45, 2.75) is 50.4 Å². The molecule has 5 rings (SSSR count). The van der Waals surface area contributed by atoms with Crippen LogP contribution in [0.15, 0.2) is 36.9 Å². The molecule has 30 heavy (non-hydrogen) atoms. The number of hydrogen-bond acceptors (Lipinski definition) is 5. The van der Waals surface area contributed by atoms with Gasteiger partial charge in [-0.3, -0.25) is 14.6 Å². The second-order valence-corrected chi connectivity index (χ2v) is 8.42. The number of imidazole rings is 1. The largest absolute Gasteiger partial charge is 0.352 e. The Morgan fingerprint density at radius 1 is 1.03 bits per heavy atom. The van der Waals surface area contributed by atoms with Crippen LogP contribution in [0.2, 0.25) is 0 Å². The van der Waals surface area contributed by atoms with E-state index in [0.717, 1.165) is 31.8 Å². The third-order valence-corrected chi connectivity index (χ3v) is 6.56. The number of likely N-dealkylation sites (tertiary alicyclic amines) is 2. The van der Waals surface area contributed by atoms with E-state index < -0.39 is 11.7 Å². The molecule has 2 amide bonds. The van der Waals surface area contributed by atoms with E-state index in [1.54, 1.807) is 30.7 Å². The van der Waals surface area contributed by atoms with E-state index in [2.05, 4.69) is 14.5 Å². The maximum Gasteiger partial charge on any atom is 0.255 e. The van der Waals surface area contributed by atoms with E-state index in [4.69, 9.17) is 4.74 Å². The zero-order chi connectivity index (χ0) is 20.6. The predicted octanol–water partition coefficient (Wildman–Crippen LogP) is 1.82. The van der Waals surface area contributed by atoms with Crippen molar-refractivity contribution in [2.75, 3.05) is 26.2 Å². The van der Waals surface area contributed by atoms with Crippen molar-refractivity contribution in [3.05, 3.63) is 48.3 Å². The number of piperidine rings is 2. The van der Waals surface area contributed by atoms with Crippen molar-refractivity contribution in [3.63, 3.8) is 0 Å². The minimum Gasteiger partial charge on any atom is -0.352 e. The SMILES string of the molecule is O=C(c1cccnc1)N1CCC2(CC1)O[C@@H](C(=O)N1CCCCC1)Cn1ccnc12.